The lowest BCUT2D eigenvalue weighted by Gasteiger charge is -2.25. The SMILES string of the molecule is C1=C[P]C(C2CCC2)=C1. The molecule has 0 nitrogen and oxygen atoms in total. The first-order valence-electron chi connectivity index (χ1n) is 3.54. The molecule has 0 aromatic heterocycles. The van der Waals surface area contributed by atoms with Crippen LogP contribution in [-0.4, -0.2) is 0 Å². The third-order valence-corrected chi connectivity index (χ3v) is 3.23. The van der Waals surface area contributed by atoms with Gasteiger partial charge in [0, 0.05) is 0 Å². The molecule has 0 saturated heterocycles. The zero-order chi connectivity index (χ0) is 6.10. The monoisotopic (exact) mass is 137 g/mol. The van der Waals surface area contributed by atoms with E-state index in [1.54, 1.807) is 5.31 Å². The fraction of sp³-hybridized carbons (Fsp3) is 0.500. The Kier molecular flexibility index (Phi) is 1.43. The molecule has 1 fully saturated rings. The lowest BCUT2D eigenvalue weighted by molar-refractivity contribution is 0.382. The first-order valence-corrected chi connectivity index (χ1v) is 4.51. The number of hydrogen-bond donors (Lipinski definition) is 0. The molecule has 2 aliphatic rings. The zero-order valence-electron chi connectivity index (χ0n) is 5.38. The third kappa shape index (κ3) is 0.966. The van der Waals surface area contributed by atoms with E-state index in [2.05, 4.69) is 18.0 Å². The van der Waals surface area contributed by atoms with Crippen molar-refractivity contribution in [2.75, 3.05) is 0 Å². The Labute approximate surface area is 57.8 Å². The lowest BCUT2D eigenvalue weighted by Crippen LogP contribution is -2.10. The van der Waals surface area contributed by atoms with Gasteiger partial charge in [-0.05, 0) is 32.7 Å². The second-order valence-corrected chi connectivity index (χ2v) is 3.76. The van der Waals surface area contributed by atoms with Gasteiger partial charge in [-0.25, -0.2) is 0 Å². The molecule has 1 heterocycles. The summed E-state index contributed by atoms with van der Waals surface area (Å²) in [5, 5.41) is 1.65. The molecule has 1 heteroatoms. The van der Waals surface area contributed by atoms with Gasteiger partial charge in [0.2, 0.25) is 0 Å². The van der Waals surface area contributed by atoms with E-state index >= 15 is 0 Å². The highest BCUT2D eigenvalue weighted by Crippen LogP contribution is 2.44. The first kappa shape index (κ1) is 5.68. The van der Waals surface area contributed by atoms with Crippen LogP contribution in [0.15, 0.2) is 23.3 Å². The highest BCUT2D eigenvalue weighted by atomic mass is 31.1. The van der Waals surface area contributed by atoms with Crippen LogP contribution in [0.1, 0.15) is 19.3 Å². The summed E-state index contributed by atoms with van der Waals surface area (Å²) >= 11 is 0. The number of allylic oxidation sites excluding steroid dienone is 3. The Hall–Kier alpha value is -0.0900. The van der Waals surface area contributed by atoms with E-state index in [-0.39, 0.29) is 0 Å². The van der Waals surface area contributed by atoms with Gasteiger partial charge in [0.25, 0.3) is 0 Å². The minimum atomic E-state index is 0.960. The van der Waals surface area contributed by atoms with Gasteiger partial charge < -0.3 is 0 Å². The van der Waals surface area contributed by atoms with E-state index in [9.17, 15) is 0 Å². The standard InChI is InChI=1S/C8H10P/c1-3-7(4-1)8-5-2-6-9-8/h2,5-7H,1,3-4H2. The van der Waals surface area contributed by atoms with Gasteiger partial charge in [-0.1, -0.05) is 24.4 Å². The van der Waals surface area contributed by atoms with Crippen LogP contribution in [-0.2, 0) is 0 Å². The zero-order valence-corrected chi connectivity index (χ0v) is 6.27. The van der Waals surface area contributed by atoms with Crippen LogP contribution < -0.4 is 0 Å². The normalized spacial score (nSPS) is 28.7. The molecule has 2 rings (SSSR count). The molecule has 0 atom stereocenters. The van der Waals surface area contributed by atoms with Crippen LogP contribution in [0.2, 0.25) is 0 Å². The van der Waals surface area contributed by atoms with E-state index in [0.717, 1.165) is 5.92 Å². The third-order valence-electron chi connectivity index (χ3n) is 2.10. The van der Waals surface area contributed by atoms with Crippen molar-refractivity contribution >= 4 is 8.58 Å². The Morgan fingerprint density at radius 3 is 2.78 bits per heavy atom. The molecule has 1 saturated carbocycles. The van der Waals surface area contributed by atoms with Crippen molar-refractivity contribution in [3.63, 3.8) is 0 Å². The molecule has 0 aromatic carbocycles. The van der Waals surface area contributed by atoms with Crippen molar-refractivity contribution in [3.8, 4) is 0 Å². The predicted octanol–water partition coefficient (Wildman–Crippen LogP) is 3.14. The van der Waals surface area contributed by atoms with Crippen LogP contribution >= 0.6 is 8.58 Å². The molecule has 0 aromatic rings. The van der Waals surface area contributed by atoms with Gasteiger partial charge in [0.15, 0.2) is 0 Å². The maximum Gasteiger partial charge on any atom is -0.0151 e. The summed E-state index contributed by atoms with van der Waals surface area (Å²) in [7, 11) is 1.46. The van der Waals surface area contributed by atoms with Crippen molar-refractivity contribution in [2.24, 2.45) is 5.92 Å². The van der Waals surface area contributed by atoms with Gasteiger partial charge in [0.05, 0.1) is 0 Å². The quantitative estimate of drug-likeness (QED) is 0.487. The topological polar surface area (TPSA) is 0 Å². The predicted molar refractivity (Wildman–Crippen MR) is 41.5 cm³/mol. The first-order chi connectivity index (χ1) is 4.47. The summed E-state index contributed by atoms with van der Waals surface area (Å²) < 4.78 is 0. The van der Waals surface area contributed by atoms with Crippen LogP contribution in [0.25, 0.3) is 0 Å². The Balaban J connectivity index is 1.98. The average Bonchev–Trinajstić information content (AvgIpc) is 2.11. The van der Waals surface area contributed by atoms with E-state index in [1.165, 1.54) is 27.8 Å². The van der Waals surface area contributed by atoms with Gasteiger partial charge >= 0.3 is 0 Å². The van der Waals surface area contributed by atoms with E-state index in [1.807, 2.05) is 0 Å². The number of hydrogen-bond acceptors (Lipinski definition) is 0. The maximum absolute atomic E-state index is 2.28. The smallest absolute Gasteiger partial charge is 0.0151 e. The molecular formula is C8H10P. The van der Waals surface area contributed by atoms with Crippen LogP contribution in [0.5, 0.6) is 0 Å². The Morgan fingerprint density at radius 1 is 1.44 bits per heavy atom. The van der Waals surface area contributed by atoms with Crippen molar-refractivity contribution in [1.29, 1.82) is 0 Å². The molecule has 47 valence electrons. The summed E-state index contributed by atoms with van der Waals surface area (Å²) in [4.78, 5) is 0. The molecule has 0 bridgehead atoms. The summed E-state index contributed by atoms with van der Waals surface area (Å²) in [5.41, 5.74) is 0. The summed E-state index contributed by atoms with van der Waals surface area (Å²) in [6, 6.07) is 0. The molecule has 9 heavy (non-hydrogen) atoms. The van der Waals surface area contributed by atoms with Crippen molar-refractivity contribution in [2.45, 2.75) is 19.3 Å². The fourth-order valence-corrected chi connectivity index (χ4v) is 2.24. The molecule has 1 radical (unpaired) electrons. The molecule has 0 N–H and O–H groups in total. The minimum Gasteiger partial charge on any atom is -0.0608 e. The van der Waals surface area contributed by atoms with Crippen molar-refractivity contribution in [1.82, 2.24) is 0 Å². The van der Waals surface area contributed by atoms with Crippen LogP contribution in [0, 0.1) is 5.92 Å². The second kappa shape index (κ2) is 2.27. The highest BCUT2D eigenvalue weighted by molar-refractivity contribution is 7.47. The van der Waals surface area contributed by atoms with Gasteiger partial charge in [-0.15, -0.1) is 0 Å². The molecule has 0 spiro atoms. The summed E-state index contributed by atoms with van der Waals surface area (Å²) in [6.45, 7) is 0. The van der Waals surface area contributed by atoms with Crippen LogP contribution in [0.3, 0.4) is 0 Å². The van der Waals surface area contributed by atoms with Crippen molar-refractivity contribution in [3.05, 3.63) is 23.3 Å². The maximum atomic E-state index is 2.28. The summed E-state index contributed by atoms with van der Waals surface area (Å²) in [6.07, 6.45) is 8.80. The number of rotatable bonds is 1. The fourth-order valence-electron chi connectivity index (χ4n) is 1.26. The van der Waals surface area contributed by atoms with E-state index < -0.39 is 0 Å². The Bertz CT molecular complexity index is 163. The Morgan fingerprint density at radius 2 is 2.33 bits per heavy atom. The average molecular weight is 137 g/mol. The lowest BCUT2D eigenvalue weighted by atomic mass is 9.85. The minimum absolute atomic E-state index is 0.960. The van der Waals surface area contributed by atoms with Gasteiger partial charge in [-0.2, -0.15) is 0 Å². The van der Waals surface area contributed by atoms with Gasteiger partial charge in [-0.3, -0.25) is 0 Å². The highest BCUT2D eigenvalue weighted by Gasteiger charge is 2.21. The molecule has 0 unspecified atom stereocenters. The van der Waals surface area contributed by atoms with E-state index in [4.69, 9.17) is 0 Å². The van der Waals surface area contributed by atoms with Crippen molar-refractivity contribution < 1.29 is 0 Å². The summed E-state index contributed by atoms with van der Waals surface area (Å²) in [5.74, 6) is 3.19. The van der Waals surface area contributed by atoms with E-state index in [0.29, 0.717) is 0 Å². The molecule has 0 amide bonds. The largest absolute Gasteiger partial charge is 0.0608 e. The van der Waals surface area contributed by atoms with Crippen LogP contribution in [0.4, 0.5) is 0 Å². The molecule has 1 aliphatic heterocycles. The molecular weight excluding hydrogens is 127 g/mol. The van der Waals surface area contributed by atoms with Gasteiger partial charge in [0.1, 0.15) is 0 Å². The molecule has 1 aliphatic carbocycles. The second-order valence-electron chi connectivity index (χ2n) is 2.69.